The molecule has 0 spiro atoms. The van der Waals surface area contributed by atoms with E-state index in [1.165, 1.54) is 0 Å². The molecular formula is C15H17ClN4O3. The summed E-state index contributed by atoms with van der Waals surface area (Å²) >= 11 is 5.92. The van der Waals surface area contributed by atoms with Gasteiger partial charge >= 0.3 is 6.09 Å². The Morgan fingerprint density at radius 3 is 2.83 bits per heavy atom. The zero-order valence-electron chi connectivity index (χ0n) is 12.5. The normalized spacial score (nSPS) is 17.1. The second-order valence-corrected chi connectivity index (χ2v) is 6.17. The quantitative estimate of drug-likeness (QED) is 0.661. The Hall–Kier alpha value is -2.15. The lowest BCUT2D eigenvalue weighted by molar-refractivity contribution is -0.116. The molecule has 2 aromatic rings. The Morgan fingerprint density at radius 2 is 2.17 bits per heavy atom. The van der Waals surface area contributed by atoms with E-state index in [1.807, 2.05) is 10.6 Å². The van der Waals surface area contributed by atoms with Crippen LogP contribution in [0.2, 0.25) is 5.28 Å². The second kappa shape index (κ2) is 6.16. The van der Waals surface area contributed by atoms with Crippen LogP contribution in [0.4, 0.5) is 4.79 Å². The number of nitrogens with zero attached hydrogens (tertiary/aromatic N) is 3. The topological polar surface area (TPSA) is 97.1 Å². The van der Waals surface area contributed by atoms with Crippen molar-refractivity contribution in [2.75, 3.05) is 0 Å². The summed E-state index contributed by atoms with van der Waals surface area (Å²) in [7, 11) is 0. The van der Waals surface area contributed by atoms with E-state index < -0.39 is 11.6 Å². The highest BCUT2D eigenvalue weighted by atomic mass is 35.5. The van der Waals surface area contributed by atoms with Crippen molar-refractivity contribution in [1.29, 1.82) is 0 Å². The number of fused-ring (bicyclic) bond motifs is 1. The van der Waals surface area contributed by atoms with E-state index in [0.29, 0.717) is 24.2 Å². The maximum atomic E-state index is 12.0. The Kier molecular flexibility index (Phi) is 4.21. The Labute approximate surface area is 137 Å². The van der Waals surface area contributed by atoms with Crippen LogP contribution in [0.1, 0.15) is 37.8 Å². The summed E-state index contributed by atoms with van der Waals surface area (Å²) in [5.74, 6) is 0. The first kappa shape index (κ1) is 15.7. The van der Waals surface area contributed by atoms with Crippen molar-refractivity contribution in [3.63, 3.8) is 0 Å². The molecule has 0 aliphatic heterocycles. The van der Waals surface area contributed by atoms with Crippen molar-refractivity contribution >= 4 is 35.0 Å². The highest BCUT2D eigenvalue weighted by Gasteiger charge is 2.36. The number of hydrogen-bond acceptors (Lipinski definition) is 4. The molecule has 0 radical (unpaired) electrons. The van der Waals surface area contributed by atoms with Crippen LogP contribution >= 0.6 is 11.6 Å². The number of halogens is 1. The molecule has 2 heterocycles. The van der Waals surface area contributed by atoms with Gasteiger partial charge in [-0.3, -0.25) is 0 Å². The smallest absolute Gasteiger partial charge is 0.404 e. The van der Waals surface area contributed by atoms with Gasteiger partial charge in [0.2, 0.25) is 5.28 Å². The van der Waals surface area contributed by atoms with E-state index in [-0.39, 0.29) is 11.8 Å². The molecule has 3 rings (SSSR count). The Balaban J connectivity index is 2.17. The summed E-state index contributed by atoms with van der Waals surface area (Å²) in [6.07, 6.45) is 5.84. The van der Waals surface area contributed by atoms with Crippen molar-refractivity contribution in [1.82, 2.24) is 19.9 Å². The maximum absolute atomic E-state index is 12.0. The van der Waals surface area contributed by atoms with E-state index >= 15 is 0 Å². The van der Waals surface area contributed by atoms with Gasteiger partial charge in [0.05, 0.1) is 6.54 Å². The zero-order chi connectivity index (χ0) is 16.4. The van der Waals surface area contributed by atoms with Crippen molar-refractivity contribution in [3.05, 3.63) is 23.2 Å². The second-order valence-electron chi connectivity index (χ2n) is 5.83. The summed E-state index contributed by atoms with van der Waals surface area (Å²) < 4.78 is 1.85. The fraction of sp³-hybridized carbons (Fsp3) is 0.467. The molecule has 122 valence electrons. The predicted molar refractivity (Wildman–Crippen MR) is 84.5 cm³/mol. The molecule has 0 aromatic carbocycles. The minimum Gasteiger partial charge on any atom is -0.465 e. The van der Waals surface area contributed by atoms with Gasteiger partial charge in [-0.1, -0.05) is 19.3 Å². The van der Waals surface area contributed by atoms with Gasteiger partial charge in [0, 0.05) is 17.3 Å². The summed E-state index contributed by atoms with van der Waals surface area (Å²) in [6, 6.07) is 1.81. The number of amides is 1. The molecular weight excluding hydrogens is 320 g/mol. The SMILES string of the molecule is O=CC1(n2c(CNC(=O)O)cc3cnc(Cl)nc32)CCCCC1. The first-order valence-corrected chi connectivity index (χ1v) is 7.90. The molecule has 1 amide bonds. The van der Waals surface area contributed by atoms with E-state index in [1.54, 1.807) is 6.20 Å². The minimum atomic E-state index is -1.12. The summed E-state index contributed by atoms with van der Waals surface area (Å²) in [4.78, 5) is 31.0. The lowest BCUT2D eigenvalue weighted by Gasteiger charge is -2.35. The highest BCUT2D eigenvalue weighted by molar-refractivity contribution is 6.28. The van der Waals surface area contributed by atoms with E-state index in [9.17, 15) is 9.59 Å². The fourth-order valence-electron chi connectivity index (χ4n) is 3.37. The fourth-order valence-corrected chi connectivity index (χ4v) is 3.50. The molecule has 1 aliphatic carbocycles. The van der Waals surface area contributed by atoms with Crippen molar-refractivity contribution in [2.24, 2.45) is 0 Å². The van der Waals surface area contributed by atoms with Gasteiger partial charge in [-0.25, -0.2) is 9.78 Å². The number of aromatic nitrogens is 3. The van der Waals surface area contributed by atoms with Crippen LogP contribution < -0.4 is 5.32 Å². The van der Waals surface area contributed by atoms with Gasteiger partial charge < -0.3 is 19.8 Å². The van der Waals surface area contributed by atoms with Crippen LogP contribution in [0.15, 0.2) is 12.3 Å². The van der Waals surface area contributed by atoms with Crippen LogP contribution in [0.3, 0.4) is 0 Å². The molecule has 1 fully saturated rings. The number of aldehydes is 1. The molecule has 8 heteroatoms. The number of carbonyl (C=O) groups is 2. The number of hydrogen-bond donors (Lipinski definition) is 2. The minimum absolute atomic E-state index is 0.0961. The number of nitrogens with one attached hydrogen (secondary N) is 1. The predicted octanol–water partition coefficient (Wildman–Crippen LogP) is 2.71. The first-order valence-electron chi connectivity index (χ1n) is 7.52. The number of carbonyl (C=O) groups excluding carboxylic acids is 1. The molecule has 0 atom stereocenters. The monoisotopic (exact) mass is 336 g/mol. The first-order chi connectivity index (χ1) is 11.1. The van der Waals surface area contributed by atoms with Gasteiger partial charge in [0.25, 0.3) is 0 Å². The zero-order valence-corrected chi connectivity index (χ0v) is 13.2. The van der Waals surface area contributed by atoms with Gasteiger partial charge in [-0.2, -0.15) is 4.98 Å². The molecule has 2 N–H and O–H groups in total. The lowest BCUT2D eigenvalue weighted by atomic mass is 9.82. The van der Waals surface area contributed by atoms with Crippen LogP contribution in [0, 0.1) is 0 Å². The molecule has 0 bridgehead atoms. The molecule has 0 unspecified atom stereocenters. The number of carboxylic acid groups (broad SMARTS) is 1. The van der Waals surface area contributed by atoms with Crippen LogP contribution in [-0.2, 0) is 16.9 Å². The molecule has 2 aromatic heterocycles. The van der Waals surface area contributed by atoms with E-state index in [0.717, 1.165) is 30.9 Å². The van der Waals surface area contributed by atoms with Crippen LogP contribution in [0.5, 0.6) is 0 Å². The summed E-state index contributed by atoms with van der Waals surface area (Å²) in [5.41, 5.74) is 0.557. The molecule has 0 saturated heterocycles. The Morgan fingerprint density at radius 1 is 1.43 bits per heavy atom. The number of rotatable bonds is 4. The average molecular weight is 337 g/mol. The molecule has 7 nitrogen and oxygen atoms in total. The van der Waals surface area contributed by atoms with Crippen LogP contribution in [-0.4, -0.2) is 32.0 Å². The average Bonchev–Trinajstić information content (AvgIpc) is 2.91. The lowest BCUT2D eigenvalue weighted by Crippen LogP contribution is -2.39. The molecule has 1 aliphatic rings. The third-order valence-corrected chi connectivity index (χ3v) is 4.57. The van der Waals surface area contributed by atoms with Gasteiger partial charge in [0.1, 0.15) is 17.5 Å². The van der Waals surface area contributed by atoms with Gasteiger partial charge in [-0.05, 0) is 30.5 Å². The highest BCUT2D eigenvalue weighted by Crippen LogP contribution is 2.37. The summed E-state index contributed by atoms with van der Waals surface area (Å²) in [5, 5.41) is 12.1. The van der Waals surface area contributed by atoms with Crippen LogP contribution in [0.25, 0.3) is 11.0 Å². The standard InChI is InChI=1S/C15H17ClN4O3/c16-13-17-7-10-6-11(8-18-14(22)23)20(12(10)19-13)15(9-21)4-2-1-3-5-15/h6-7,9,18H,1-5,8H2,(H,22,23). The van der Waals surface area contributed by atoms with E-state index in [2.05, 4.69) is 15.3 Å². The third-order valence-electron chi connectivity index (χ3n) is 4.39. The Bertz CT molecular complexity index is 753. The van der Waals surface area contributed by atoms with Crippen molar-refractivity contribution in [3.8, 4) is 0 Å². The van der Waals surface area contributed by atoms with Gasteiger partial charge in [0.15, 0.2) is 0 Å². The van der Waals surface area contributed by atoms with Crippen molar-refractivity contribution < 1.29 is 14.7 Å². The van der Waals surface area contributed by atoms with E-state index in [4.69, 9.17) is 16.7 Å². The third kappa shape index (κ3) is 2.88. The summed E-state index contributed by atoms with van der Waals surface area (Å²) in [6.45, 7) is 0.0961. The maximum Gasteiger partial charge on any atom is 0.404 e. The molecule has 23 heavy (non-hydrogen) atoms. The largest absolute Gasteiger partial charge is 0.465 e. The molecule has 1 saturated carbocycles. The van der Waals surface area contributed by atoms with Gasteiger partial charge in [-0.15, -0.1) is 0 Å². The van der Waals surface area contributed by atoms with Crippen molar-refractivity contribution in [2.45, 2.75) is 44.2 Å².